The third-order valence-electron chi connectivity index (χ3n) is 3.84. The summed E-state index contributed by atoms with van der Waals surface area (Å²) in [6.45, 7) is 2.21. The van der Waals surface area contributed by atoms with E-state index in [0.717, 1.165) is 19.3 Å². The van der Waals surface area contributed by atoms with Crippen LogP contribution in [0.3, 0.4) is 0 Å². The van der Waals surface area contributed by atoms with E-state index in [1.165, 1.54) is 62.8 Å². The van der Waals surface area contributed by atoms with Gasteiger partial charge < -0.3 is 4.74 Å². The molecule has 0 aliphatic rings. The Balaban J connectivity index is 0.00000576. The van der Waals surface area contributed by atoms with Crippen molar-refractivity contribution in [1.82, 2.24) is 0 Å². The number of esters is 1. The Morgan fingerprint density at radius 1 is 0.920 bits per heavy atom. The van der Waals surface area contributed by atoms with Crippen molar-refractivity contribution in [1.29, 1.82) is 0 Å². The van der Waals surface area contributed by atoms with Crippen LogP contribution in [-0.2, 0) is 14.9 Å². The van der Waals surface area contributed by atoms with Crippen LogP contribution in [0.25, 0.3) is 0 Å². The first-order chi connectivity index (χ1) is 11.4. The summed E-state index contributed by atoms with van der Waals surface area (Å²) in [5, 5.41) is 0. The van der Waals surface area contributed by atoms with Crippen LogP contribution in [0.15, 0.2) is 29.2 Å². The van der Waals surface area contributed by atoms with Crippen LogP contribution >= 0.6 is 0 Å². The molecule has 0 saturated heterocycles. The molecule has 0 fully saturated rings. The Labute approximate surface area is 173 Å². The van der Waals surface area contributed by atoms with Crippen molar-refractivity contribution < 1.29 is 22.5 Å². The number of carbonyl (C=O) groups excluding carboxylic acids is 1. The third-order valence-corrected chi connectivity index (χ3v) is 4.71. The molecule has 1 aromatic carbocycles. The number of hydrogen-bond acceptors (Lipinski definition) is 4. The van der Waals surface area contributed by atoms with Gasteiger partial charge in [0.05, 0.1) is 4.90 Å². The van der Waals surface area contributed by atoms with Gasteiger partial charge in [0.15, 0.2) is 0 Å². The van der Waals surface area contributed by atoms with Crippen molar-refractivity contribution in [3.05, 3.63) is 24.3 Å². The summed E-state index contributed by atoms with van der Waals surface area (Å²) in [6, 6.07) is 5.13. The molecule has 1 rings (SSSR count). The molecule has 7 heteroatoms. The predicted molar refractivity (Wildman–Crippen MR) is 101 cm³/mol. The summed E-state index contributed by atoms with van der Waals surface area (Å²) < 4.78 is 35.8. The van der Waals surface area contributed by atoms with Crippen molar-refractivity contribution in [2.75, 3.05) is 0 Å². The van der Waals surface area contributed by atoms with Crippen LogP contribution in [0.1, 0.15) is 71.1 Å². The van der Waals surface area contributed by atoms with Crippen molar-refractivity contribution in [2.24, 2.45) is 0 Å². The van der Waals surface area contributed by atoms with Gasteiger partial charge in [0.2, 0.25) is 0 Å². The van der Waals surface area contributed by atoms with Gasteiger partial charge in [0, 0.05) is 6.42 Å². The van der Waals surface area contributed by atoms with Crippen molar-refractivity contribution in [3.63, 3.8) is 0 Å². The van der Waals surface area contributed by atoms with E-state index in [0.29, 0.717) is 6.42 Å². The zero-order chi connectivity index (χ0) is 17.8. The van der Waals surface area contributed by atoms with Crippen LogP contribution < -0.4 is 4.74 Å². The van der Waals surface area contributed by atoms with E-state index in [9.17, 15) is 13.2 Å². The van der Waals surface area contributed by atoms with E-state index in [-0.39, 0.29) is 46.2 Å². The number of rotatable bonds is 12. The molecule has 0 aromatic heterocycles. The van der Waals surface area contributed by atoms with E-state index in [4.69, 9.17) is 9.29 Å². The Morgan fingerprint density at radius 3 is 1.88 bits per heavy atom. The molecule has 0 radical (unpaired) electrons. The van der Waals surface area contributed by atoms with Gasteiger partial charge in [-0.1, -0.05) is 58.3 Å². The predicted octanol–water partition coefficient (Wildman–Crippen LogP) is 4.11. The molecule has 0 amide bonds. The molecule has 0 unspecified atom stereocenters. The van der Waals surface area contributed by atoms with Crippen LogP contribution in [0, 0.1) is 0 Å². The first-order valence-electron chi connectivity index (χ1n) is 8.71. The first kappa shape index (κ1) is 24.6. The van der Waals surface area contributed by atoms with Gasteiger partial charge in [-0.2, -0.15) is 8.42 Å². The number of hydrogen-bond donors (Lipinski definition) is 1. The average Bonchev–Trinajstić information content (AvgIpc) is 2.53. The first-order valence-corrected chi connectivity index (χ1v) is 10.2. The fourth-order valence-corrected chi connectivity index (χ4v) is 2.92. The van der Waals surface area contributed by atoms with E-state index < -0.39 is 10.1 Å². The SMILES string of the molecule is CCCCCCCCCCCC(=O)Oc1ccc(S(=O)(=O)O)cc1.[NaH]. The molecule has 5 nitrogen and oxygen atoms in total. The van der Waals surface area contributed by atoms with Gasteiger partial charge in [0.1, 0.15) is 5.75 Å². The standard InChI is InChI=1S/C18H28O5S.Na.H/c1-2-3-4-5-6-7-8-9-10-11-18(19)23-16-12-14-17(15-13-16)24(20,21)22;;/h12-15H,2-11H2,1H3,(H,20,21,22);;. The topological polar surface area (TPSA) is 80.7 Å². The quantitative estimate of drug-likeness (QED) is 0.194. The fourth-order valence-electron chi connectivity index (χ4n) is 2.44. The zero-order valence-electron chi connectivity index (χ0n) is 14.4. The summed E-state index contributed by atoms with van der Waals surface area (Å²) in [5.41, 5.74) is 0. The average molecular weight is 380 g/mol. The molecule has 0 aliphatic carbocycles. The van der Waals surface area contributed by atoms with Crippen LogP contribution in [-0.4, -0.2) is 48.5 Å². The molecule has 0 heterocycles. The molecular formula is C18H29NaO5S. The molecule has 25 heavy (non-hydrogen) atoms. The molecule has 0 spiro atoms. The minimum absolute atomic E-state index is 0. The molecular weight excluding hydrogens is 351 g/mol. The van der Waals surface area contributed by atoms with Gasteiger partial charge in [-0.25, -0.2) is 0 Å². The maximum atomic E-state index is 11.7. The van der Waals surface area contributed by atoms with Gasteiger partial charge in [-0.15, -0.1) is 0 Å². The monoisotopic (exact) mass is 380 g/mol. The number of carbonyl (C=O) groups is 1. The maximum absolute atomic E-state index is 11.7. The van der Waals surface area contributed by atoms with E-state index >= 15 is 0 Å². The molecule has 1 N–H and O–H groups in total. The molecule has 138 valence electrons. The Kier molecular flexibility index (Phi) is 13.5. The van der Waals surface area contributed by atoms with E-state index in [2.05, 4.69) is 6.92 Å². The summed E-state index contributed by atoms with van der Waals surface area (Å²) in [7, 11) is -4.22. The second kappa shape index (κ2) is 13.8. The fraction of sp³-hybridized carbons (Fsp3) is 0.611. The molecule has 0 aliphatic heterocycles. The summed E-state index contributed by atoms with van der Waals surface area (Å²) in [4.78, 5) is 11.5. The number of ether oxygens (including phenoxy) is 1. The molecule has 0 atom stereocenters. The van der Waals surface area contributed by atoms with E-state index in [1.54, 1.807) is 0 Å². The molecule has 1 aromatic rings. The molecule has 0 saturated carbocycles. The number of unbranched alkanes of at least 4 members (excludes halogenated alkanes) is 8. The Hall–Kier alpha value is -0.400. The second-order valence-electron chi connectivity index (χ2n) is 6.00. The van der Waals surface area contributed by atoms with Crippen LogP contribution in [0.2, 0.25) is 0 Å². The normalized spacial score (nSPS) is 11.0. The van der Waals surface area contributed by atoms with Gasteiger partial charge in [0.25, 0.3) is 10.1 Å². The van der Waals surface area contributed by atoms with Crippen molar-refractivity contribution in [2.45, 2.75) is 76.0 Å². The van der Waals surface area contributed by atoms with Crippen LogP contribution in [0.4, 0.5) is 0 Å². The van der Waals surface area contributed by atoms with E-state index in [1.807, 2.05) is 0 Å². The zero-order valence-corrected chi connectivity index (χ0v) is 15.2. The minimum atomic E-state index is -4.22. The second-order valence-corrected chi connectivity index (χ2v) is 7.42. The van der Waals surface area contributed by atoms with Gasteiger partial charge in [-0.05, 0) is 30.7 Å². The van der Waals surface area contributed by atoms with Gasteiger partial charge >= 0.3 is 35.5 Å². The molecule has 0 bridgehead atoms. The van der Waals surface area contributed by atoms with Crippen molar-refractivity contribution >= 4 is 45.6 Å². The van der Waals surface area contributed by atoms with Crippen LogP contribution in [0.5, 0.6) is 5.75 Å². The number of benzene rings is 1. The third kappa shape index (κ3) is 11.8. The Morgan fingerprint density at radius 2 is 1.40 bits per heavy atom. The summed E-state index contributed by atoms with van der Waals surface area (Å²) in [5.74, 6) is -0.0409. The summed E-state index contributed by atoms with van der Waals surface area (Å²) >= 11 is 0. The van der Waals surface area contributed by atoms with Crippen molar-refractivity contribution in [3.8, 4) is 5.75 Å². The summed E-state index contributed by atoms with van der Waals surface area (Å²) in [6.07, 6.45) is 11.0. The van der Waals surface area contributed by atoms with Gasteiger partial charge in [-0.3, -0.25) is 9.35 Å². The Bertz CT molecular complexity index is 584.